The molecular formula is C11H14F2O. The number of hydrogen-bond acceptors (Lipinski definition) is 1. The Labute approximate surface area is 82.4 Å². The van der Waals surface area contributed by atoms with Crippen molar-refractivity contribution in [3.63, 3.8) is 0 Å². The molecule has 0 atom stereocenters. The minimum Gasteiger partial charge on any atom is -0.395 e. The van der Waals surface area contributed by atoms with Crippen LogP contribution in [0.4, 0.5) is 8.78 Å². The molecule has 0 aliphatic rings. The molecule has 0 saturated heterocycles. The first kappa shape index (κ1) is 11.1. The lowest BCUT2D eigenvalue weighted by Crippen LogP contribution is -2.24. The number of aliphatic hydroxyl groups excluding tert-OH is 1. The molecule has 0 unspecified atom stereocenters. The average Bonchev–Trinajstić information content (AvgIpc) is 2.11. The number of hydrogen-bond donors (Lipinski definition) is 1. The van der Waals surface area contributed by atoms with Crippen LogP contribution in [0.1, 0.15) is 25.0 Å². The molecule has 78 valence electrons. The molecule has 1 nitrogen and oxygen atoms in total. The van der Waals surface area contributed by atoms with E-state index in [9.17, 15) is 8.78 Å². The Morgan fingerprint density at radius 1 is 1.21 bits per heavy atom. The van der Waals surface area contributed by atoms with E-state index in [1.807, 2.05) is 0 Å². The predicted molar refractivity (Wildman–Crippen MR) is 51.2 cm³/mol. The lowest BCUT2D eigenvalue weighted by atomic mass is 9.84. The largest absolute Gasteiger partial charge is 0.395 e. The summed E-state index contributed by atoms with van der Waals surface area (Å²) in [7, 11) is 0. The van der Waals surface area contributed by atoms with Crippen LogP contribution >= 0.6 is 0 Å². The molecule has 1 N–H and O–H groups in total. The number of aryl methyl sites for hydroxylation is 1. The van der Waals surface area contributed by atoms with Gasteiger partial charge in [0.25, 0.3) is 0 Å². The zero-order valence-corrected chi connectivity index (χ0v) is 8.56. The van der Waals surface area contributed by atoms with Gasteiger partial charge in [-0.25, -0.2) is 8.78 Å². The van der Waals surface area contributed by atoms with Crippen LogP contribution in [0.2, 0.25) is 0 Å². The van der Waals surface area contributed by atoms with Gasteiger partial charge in [0.05, 0.1) is 6.61 Å². The van der Waals surface area contributed by atoms with Crippen molar-refractivity contribution in [2.75, 3.05) is 6.61 Å². The molecule has 0 radical (unpaired) electrons. The SMILES string of the molecule is Cc1cc(C(C)(C)CO)c(F)cc1F. The summed E-state index contributed by atoms with van der Waals surface area (Å²) >= 11 is 0. The van der Waals surface area contributed by atoms with Gasteiger partial charge in [-0.15, -0.1) is 0 Å². The van der Waals surface area contributed by atoms with Crippen molar-refractivity contribution in [2.24, 2.45) is 0 Å². The summed E-state index contributed by atoms with van der Waals surface area (Å²) in [4.78, 5) is 0. The molecule has 0 amide bonds. The molecule has 0 saturated carbocycles. The van der Waals surface area contributed by atoms with Gasteiger partial charge < -0.3 is 5.11 Å². The highest BCUT2D eigenvalue weighted by molar-refractivity contribution is 5.31. The van der Waals surface area contributed by atoms with Crippen LogP contribution in [0.25, 0.3) is 0 Å². The van der Waals surface area contributed by atoms with Crippen LogP contribution < -0.4 is 0 Å². The molecule has 0 aromatic heterocycles. The smallest absolute Gasteiger partial charge is 0.129 e. The van der Waals surface area contributed by atoms with Gasteiger partial charge in [-0.2, -0.15) is 0 Å². The molecule has 0 fully saturated rings. The van der Waals surface area contributed by atoms with Crippen LogP contribution in [-0.2, 0) is 5.41 Å². The van der Waals surface area contributed by atoms with Gasteiger partial charge in [0.2, 0.25) is 0 Å². The number of aliphatic hydroxyl groups is 1. The molecule has 14 heavy (non-hydrogen) atoms. The Morgan fingerprint density at radius 2 is 1.79 bits per heavy atom. The molecule has 3 heteroatoms. The van der Waals surface area contributed by atoms with Crippen LogP contribution in [0.15, 0.2) is 12.1 Å². The number of halogens is 2. The molecule has 0 aliphatic carbocycles. The van der Waals surface area contributed by atoms with Gasteiger partial charge in [0.15, 0.2) is 0 Å². The van der Waals surface area contributed by atoms with E-state index in [0.29, 0.717) is 11.1 Å². The van der Waals surface area contributed by atoms with Crippen LogP contribution in [0.5, 0.6) is 0 Å². The second-order valence-corrected chi connectivity index (χ2v) is 4.12. The van der Waals surface area contributed by atoms with Gasteiger partial charge >= 0.3 is 0 Å². The normalized spacial score (nSPS) is 11.9. The topological polar surface area (TPSA) is 20.2 Å². The van der Waals surface area contributed by atoms with E-state index in [2.05, 4.69) is 0 Å². The Balaban J connectivity index is 3.29. The second kappa shape index (κ2) is 3.65. The number of rotatable bonds is 2. The first-order valence-electron chi connectivity index (χ1n) is 4.45. The van der Waals surface area contributed by atoms with E-state index in [0.717, 1.165) is 6.07 Å². The van der Waals surface area contributed by atoms with Crippen molar-refractivity contribution in [3.05, 3.63) is 34.9 Å². The molecule has 0 bridgehead atoms. The average molecular weight is 200 g/mol. The fourth-order valence-corrected chi connectivity index (χ4v) is 1.26. The minimum atomic E-state index is -0.678. The highest BCUT2D eigenvalue weighted by atomic mass is 19.1. The molecule has 1 aromatic carbocycles. The Hall–Kier alpha value is -0.960. The third-order valence-corrected chi connectivity index (χ3v) is 2.37. The summed E-state index contributed by atoms with van der Waals surface area (Å²) in [5.41, 5.74) is 0.0598. The second-order valence-electron chi connectivity index (χ2n) is 4.12. The summed E-state index contributed by atoms with van der Waals surface area (Å²) in [5.74, 6) is -1.16. The highest BCUT2D eigenvalue weighted by Crippen LogP contribution is 2.27. The first-order chi connectivity index (χ1) is 6.38. The van der Waals surface area contributed by atoms with Gasteiger partial charge in [-0.05, 0) is 24.1 Å². The third kappa shape index (κ3) is 1.93. The zero-order chi connectivity index (χ0) is 10.9. The first-order valence-corrected chi connectivity index (χ1v) is 4.45. The van der Waals surface area contributed by atoms with Crippen molar-refractivity contribution >= 4 is 0 Å². The van der Waals surface area contributed by atoms with Gasteiger partial charge in [-0.1, -0.05) is 13.8 Å². The minimum absolute atomic E-state index is 0.172. The maximum atomic E-state index is 13.4. The van der Waals surface area contributed by atoms with Gasteiger partial charge in [0, 0.05) is 11.5 Å². The molecule has 0 spiro atoms. The van der Waals surface area contributed by atoms with E-state index in [1.54, 1.807) is 20.8 Å². The fourth-order valence-electron chi connectivity index (χ4n) is 1.26. The Bertz CT molecular complexity index is 345. The maximum Gasteiger partial charge on any atom is 0.129 e. The van der Waals surface area contributed by atoms with E-state index in [-0.39, 0.29) is 6.61 Å². The number of benzene rings is 1. The Morgan fingerprint density at radius 3 is 2.29 bits per heavy atom. The Kier molecular flexibility index (Phi) is 2.90. The molecule has 0 heterocycles. The molecule has 1 rings (SSSR count). The van der Waals surface area contributed by atoms with Crippen LogP contribution in [0.3, 0.4) is 0 Å². The fraction of sp³-hybridized carbons (Fsp3) is 0.455. The summed E-state index contributed by atoms with van der Waals surface area (Å²) in [5, 5.41) is 9.07. The summed E-state index contributed by atoms with van der Waals surface area (Å²) in [6.45, 7) is 4.83. The molecule has 0 aliphatic heterocycles. The predicted octanol–water partition coefficient (Wildman–Crippen LogP) is 2.54. The van der Waals surface area contributed by atoms with Crippen LogP contribution in [-0.4, -0.2) is 11.7 Å². The zero-order valence-electron chi connectivity index (χ0n) is 8.56. The lowest BCUT2D eigenvalue weighted by Gasteiger charge is -2.23. The lowest BCUT2D eigenvalue weighted by molar-refractivity contribution is 0.214. The van der Waals surface area contributed by atoms with Gasteiger partial charge in [0.1, 0.15) is 11.6 Å². The van der Waals surface area contributed by atoms with Crippen molar-refractivity contribution in [3.8, 4) is 0 Å². The van der Waals surface area contributed by atoms with E-state index >= 15 is 0 Å². The maximum absolute atomic E-state index is 13.4. The molecule has 1 aromatic rings. The molecular weight excluding hydrogens is 186 g/mol. The van der Waals surface area contributed by atoms with Crippen molar-refractivity contribution < 1.29 is 13.9 Å². The van der Waals surface area contributed by atoms with Crippen molar-refractivity contribution in [1.29, 1.82) is 0 Å². The monoisotopic (exact) mass is 200 g/mol. The van der Waals surface area contributed by atoms with E-state index < -0.39 is 17.0 Å². The summed E-state index contributed by atoms with van der Waals surface area (Å²) in [6, 6.07) is 2.31. The standard InChI is InChI=1S/C11H14F2O/c1-7-4-8(11(2,3)6-14)10(13)5-9(7)12/h4-5,14H,6H2,1-3H3. The summed E-state index contributed by atoms with van der Waals surface area (Å²) < 4.78 is 26.3. The van der Waals surface area contributed by atoms with Crippen molar-refractivity contribution in [1.82, 2.24) is 0 Å². The van der Waals surface area contributed by atoms with E-state index in [1.165, 1.54) is 6.07 Å². The third-order valence-electron chi connectivity index (χ3n) is 2.37. The van der Waals surface area contributed by atoms with E-state index in [4.69, 9.17) is 5.11 Å². The summed E-state index contributed by atoms with van der Waals surface area (Å²) in [6.07, 6.45) is 0. The quantitative estimate of drug-likeness (QED) is 0.777. The highest BCUT2D eigenvalue weighted by Gasteiger charge is 2.24. The van der Waals surface area contributed by atoms with Crippen LogP contribution in [0, 0.1) is 18.6 Å². The van der Waals surface area contributed by atoms with Gasteiger partial charge in [-0.3, -0.25) is 0 Å². The van der Waals surface area contributed by atoms with Crippen molar-refractivity contribution in [2.45, 2.75) is 26.2 Å².